The molecule has 2 aromatic carbocycles. The lowest BCUT2D eigenvalue weighted by molar-refractivity contribution is 0.319. The summed E-state index contributed by atoms with van der Waals surface area (Å²) in [5.41, 5.74) is -0.274. The van der Waals surface area contributed by atoms with Gasteiger partial charge in [-0.2, -0.15) is 0 Å². The van der Waals surface area contributed by atoms with Gasteiger partial charge in [0.1, 0.15) is 0 Å². The van der Waals surface area contributed by atoms with Gasteiger partial charge >= 0.3 is 0 Å². The Kier molecular flexibility index (Phi) is 1.69. The molecule has 1 aliphatic rings. The average molecular weight is 294 g/mol. The number of hydrogen-bond donors (Lipinski definition) is 0. The second-order valence-electron chi connectivity index (χ2n) is 4.56. The molecule has 104 valence electrons. The van der Waals surface area contributed by atoms with E-state index in [-0.39, 0.29) is 33.3 Å². The predicted molar refractivity (Wildman–Crippen MR) is 87.2 cm³/mol. The number of likely N-dealkylation sites (N-methyl/N-ethyl adjacent to an activating group) is 1. The van der Waals surface area contributed by atoms with Gasteiger partial charge in [0.15, 0.2) is 0 Å². The van der Waals surface area contributed by atoms with E-state index in [9.17, 15) is 0 Å². The summed E-state index contributed by atoms with van der Waals surface area (Å²) < 4.78 is 83.1. The first-order valence-corrected chi connectivity index (χ1v) is 6.91. The first kappa shape index (κ1) is 6.12. The summed E-state index contributed by atoms with van der Waals surface area (Å²) in [4.78, 5) is 2.65. The number of nitrogens with zero attached hydrogens (tertiary/aromatic N) is 2. The molecule has 3 heteroatoms. The van der Waals surface area contributed by atoms with Gasteiger partial charge in [-0.1, -0.05) is 35.9 Å². The van der Waals surface area contributed by atoms with Gasteiger partial charge < -0.3 is 9.80 Å². The molecule has 0 bridgehead atoms. The van der Waals surface area contributed by atoms with Gasteiger partial charge in [0.05, 0.1) is 25.1 Å². The lowest BCUT2D eigenvalue weighted by Crippen LogP contribution is -2.37. The SMILES string of the molecule is [2H]c1c([2H])c([2H])c2c(c1[2H])Sc1c([2H])c([2H])c([2H])c([2H])c1N2C([2H])([2H])C(C)N(C)C. The minimum Gasteiger partial charge on any atom is -0.338 e. The van der Waals surface area contributed by atoms with Crippen molar-refractivity contribution in [3.8, 4) is 0 Å². The van der Waals surface area contributed by atoms with Crippen molar-refractivity contribution in [3.63, 3.8) is 0 Å². The molecule has 2 nitrogen and oxygen atoms in total. The Bertz CT molecular complexity index is 987. The minimum absolute atomic E-state index is 0.0216. The van der Waals surface area contributed by atoms with Gasteiger partial charge in [-0.25, -0.2) is 0 Å². The monoisotopic (exact) mass is 294 g/mol. The summed E-state index contributed by atoms with van der Waals surface area (Å²) in [6.07, 6.45) is 0. The average Bonchev–Trinajstić information content (AvgIpc) is 2.70. The van der Waals surface area contributed by atoms with Gasteiger partial charge in [0.25, 0.3) is 0 Å². The van der Waals surface area contributed by atoms with Crippen molar-refractivity contribution in [3.05, 3.63) is 48.3 Å². The normalized spacial score (nSPS) is 22.7. The highest BCUT2D eigenvalue weighted by Gasteiger charge is 2.24. The Balaban J connectivity index is 2.51. The van der Waals surface area contributed by atoms with E-state index >= 15 is 0 Å². The third-order valence-corrected chi connectivity index (χ3v) is 4.01. The summed E-state index contributed by atoms with van der Waals surface area (Å²) in [6.45, 7) is -0.678. The molecule has 0 N–H and O–H groups in total. The van der Waals surface area contributed by atoms with Gasteiger partial charge in [-0.05, 0) is 45.2 Å². The van der Waals surface area contributed by atoms with Gasteiger partial charge in [-0.15, -0.1) is 0 Å². The Labute approximate surface area is 139 Å². The third kappa shape index (κ3) is 2.43. The molecule has 0 aromatic heterocycles. The summed E-state index contributed by atoms with van der Waals surface area (Å²) in [7, 11) is 3.31. The minimum atomic E-state index is -2.27. The van der Waals surface area contributed by atoms with E-state index in [0.29, 0.717) is 0 Å². The van der Waals surface area contributed by atoms with E-state index in [1.54, 1.807) is 25.9 Å². The van der Waals surface area contributed by atoms with Crippen LogP contribution in [0.5, 0.6) is 0 Å². The zero-order valence-electron chi connectivity index (χ0n) is 21.4. The van der Waals surface area contributed by atoms with Crippen molar-refractivity contribution in [1.82, 2.24) is 4.90 Å². The molecule has 0 spiro atoms. The van der Waals surface area contributed by atoms with Crippen LogP contribution in [-0.2, 0) is 0 Å². The highest BCUT2D eigenvalue weighted by Crippen LogP contribution is 2.47. The molecule has 0 saturated carbocycles. The highest BCUT2D eigenvalue weighted by molar-refractivity contribution is 7.99. The molecule has 0 fully saturated rings. The number of benzene rings is 2. The Morgan fingerprint density at radius 2 is 1.60 bits per heavy atom. The van der Waals surface area contributed by atoms with E-state index in [1.165, 1.54) is 0 Å². The number of anilines is 2. The van der Waals surface area contributed by atoms with Crippen LogP contribution in [0, 0.1) is 0 Å². The van der Waals surface area contributed by atoms with Gasteiger partial charge in [0.2, 0.25) is 0 Å². The molecule has 2 aromatic rings. The van der Waals surface area contributed by atoms with Crippen LogP contribution >= 0.6 is 11.8 Å². The maximum Gasteiger partial charge on any atom is 0.0645 e. The molecule has 0 aliphatic carbocycles. The number of rotatable bonds is 3. The van der Waals surface area contributed by atoms with Crippen molar-refractivity contribution in [1.29, 1.82) is 0 Å². The van der Waals surface area contributed by atoms with Crippen LogP contribution in [-0.4, -0.2) is 31.5 Å². The maximum absolute atomic E-state index is 8.84. The Morgan fingerprint density at radius 3 is 2.10 bits per heavy atom. The van der Waals surface area contributed by atoms with Gasteiger partial charge in [-0.3, -0.25) is 0 Å². The molecule has 0 radical (unpaired) electrons. The molecule has 1 aliphatic heterocycles. The van der Waals surface area contributed by atoms with Crippen molar-refractivity contribution in [2.45, 2.75) is 22.8 Å². The van der Waals surface area contributed by atoms with Crippen LogP contribution < -0.4 is 4.90 Å². The highest BCUT2D eigenvalue weighted by atomic mass is 32.2. The molecule has 1 atom stereocenters. The number of hydrogen-bond acceptors (Lipinski definition) is 3. The Hall–Kier alpha value is -1.45. The summed E-state index contributed by atoms with van der Waals surface area (Å²) in [5.74, 6) is 0. The van der Waals surface area contributed by atoms with Crippen LogP contribution in [0.3, 0.4) is 0 Å². The molecule has 1 heterocycles. The topological polar surface area (TPSA) is 6.48 Å². The summed E-state index contributed by atoms with van der Waals surface area (Å²) in [6, 6.07) is -4.55. The summed E-state index contributed by atoms with van der Waals surface area (Å²) >= 11 is 0.806. The van der Waals surface area contributed by atoms with E-state index in [0.717, 1.165) is 16.7 Å². The first-order chi connectivity index (χ1) is 13.7. The largest absolute Gasteiger partial charge is 0.338 e. The van der Waals surface area contributed by atoms with E-state index in [2.05, 4.69) is 0 Å². The summed E-state index contributed by atoms with van der Waals surface area (Å²) in [5, 5.41) is 0. The van der Waals surface area contributed by atoms with Crippen LogP contribution in [0.4, 0.5) is 11.4 Å². The number of para-hydroxylation sites is 2. The van der Waals surface area contributed by atoms with Crippen molar-refractivity contribution >= 4 is 23.1 Å². The smallest absolute Gasteiger partial charge is 0.0645 e. The van der Waals surface area contributed by atoms with Crippen LogP contribution in [0.25, 0.3) is 0 Å². The lowest BCUT2D eigenvalue weighted by Gasteiger charge is -2.36. The second-order valence-corrected chi connectivity index (χ2v) is 5.58. The molecule has 1 unspecified atom stereocenters. The third-order valence-electron chi connectivity index (χ3n) is 3.01. The van der Waals surface area contributed by atoms with Crippen LogP contribution in [0.2, 0.25) is 0 Å². The van der Waals surface area contributed by atoms with Gasteiger partial charge in [0, 0.05) is 22.3 Å². The van der Waals surface area contributed by atoms with E-state index in [4.69, 9.17) is 13.7 Å². The molecule has 20 heavy (non-hydrogen) atoms. The van der Waals surface area contributed by atoms with E-state index < -0.39 is 48.8 Å². The standard InChI is InChI=1S/C17H20N2S/c1-13(18(2)3)12-19-14-8-4-6-10-16(14)20-17-11-7-5-9-15(17)19/h4-11,13H,12H2,1-3H3/i4D,5D,6D,7D,8D,9D,10D,11D,12D2. The van der Waals surface area contributed by atoms with E-state index in [1.807, 2.05) is 0 Å². The second kappa shape index (κ2) is 5.51. The molecular weight excluding hydrogens is 264 g/mol. The molecule has 0 saturated heterocycles. The van der Waals surface area contributed by atoms with Crippen molar-refractivity contribution in [2.24, 2.45) is 0 Å². The number of fused-ring (bicyclic) bond motifs is 2. The molecular formula is C17H20N2S. The van der Waals surface area contributed by atoms with Crippen LogP contribution in [0.15, 0.2) is 58.1 Å². The zero-order valence-corrected chi connectivity index (χ0v) is 12.2. The van der Waals surface area contributed by atoms with Crippen LogP contribution in [0.1, 0.15) is 20.6 Å². The predicted octanol–water partition coefficient (Wildman–Crippen LogP) is 4.24. The van der Waals surface area contributed by atoms with Crippen molar-refractivity contribution in [2.75, 3.05) is 25.5 Å². The lowest BCUT2D eigenvalue weighted by atomic mass is 10.2. The zero-order chi connectivity index (χ0) is 22.9. The molecule has 0 amide bonds. The fourth-order valence-corrected chi connectivity index (χ4v) is 2.58. The Morgan fingerprint density at radius 1 is 1.10 bits per heavy atom. The fraction of sp³-hybridized carbons (Fsp3) is 0.294. The fourth-order valence-electron chi connectivity index (χ4n) is 1.70. The first-order valence-electron chi connectivity index (χ1n) is 11.1. The quantitative estimate of drug-likeness (QED) is 0.836. The molecule has 3 rings (SSSR count). The maximum atomic E-state index is 8.84. The van der Waals surface area contributed by atoms with Crippen molar-refractivity contribution < 1.29 is 13.7 Å².